The SMILES string of the molecule is COc1ccc(Nc2cc(-c3ccccc3)nc(N)n2)cc1C. The van der Waals surface area contributed by atoms with E-state index in [0.29, 0.717) is 5.82 Å². The summed E-state index contributed by atoms with van der Waals surface area (Å²) < 4.78 is 5.27. The van der Waals surface area contributed by atoms with Gasteiger partial charge in [-0.15, -0.1) is 0 Å². The van der Waals surface area contributed by atoms with Crippen LogP contribution in [0.25, 0.3) is 11.3 Å². The molecule has 1 heterocycles. The molecule has 23 heavy (non-hydrogen) atoms. The van der Waals surface area contributed by atoms with Gasteiger partial charge in [0.15, 0.2) is 0 Å². The van der Waals surface area contributed by atoms with Crippen LogP contribution >= 0.6 is 0 Å². The van der Waals surface area contributed by atoms with Gasteiger partial charge in [0, 0.05) is 17.3 Å². The number of rotatable bonds is 4. The van der Waals surface area contributed by atoms with Crippen molar-refractivity contribution in [3.8, 4) is 17.0 Å². The maximum absolute atomic E-state index is 5.84. The van der Waals surface area contributed by atoms with Gasteiger partial charge in [-0.25, -0.2) is 4.98 Å². The molecule has 0 amide bonds. The monoisotopic (exact) mass is 306 g/mol. The van der Waals surface area contributed by atoms with Crippen LogP contribution in [0.3, 0.4) is 0 Å². The van der Waals surface area contributed by atoms with Gasteiger partial charge < -0.3 is 15.8 Å². The number of nitrogen functional groups attached to an aromatic ring is 1. The Bertz CT molecular complexity index is 819. The Kier molecular flexibility index (Phi) is 4.10. The second kappa shape index (κ2) is 6.36. The van der Waals surface area contributed by atoms with Crippen molar-refractivity contribution in [2.75, 3.05) is 18.2 Å². The highest BCUT2D eigenvalue weighted by molar-refractivity contribution is 5.67. The van der Waals surface area contributed by atoms with Crippen LogP contribution in [0.2, 0.25) is 0 Å². The highest BCUT2D eigenvalue weighted by Gasteiger charge is 2.06. The molecule has 0 atom stereocenters. The van der Waals surface area contributed by atoms with Crippen molar-refractivity contribution in [2.45, 2.75) is 6.92 Å². The third-order valence-corrected chi connectivity index (χ3v) is 3.48. The van der Waals surface area contributed by atoms with Crippen LogP contribution in [0.15, 0.2) is 54.6 Å². The van der Waals surface area contributed by atoms with E-state index in [-0.39, 0.29) is 5.95 Å². The van der Waals surface area contributed by atoms with Crippen molar-refractivity contribution in [1.29, 1.82) is 0 Å². The topological polar surface area (TPSA) is 73.1 Å². The molecule has 2 aromatic carbocycles. The fraction of sp³-hybridized carbons (Fsp3) is 0.111. The summed E-state index contributed by atoms with van der Waals surface area (Å²) in [5, 5.41) is 3.26. The third kappa shape index (κ3) is 3.40. The van der Waals surface area contributed by atoms with E-state index in [0.717, 1.165) is 28.3 Å². The molecular formula is C18H18N4O. The molecule has 3 rings (SSSR count). The van der Waals surface area contributed by atoms with Crippen LogP contribution in [0, 0.1) is 6.92 Å². The molecule has 0 bridgehead atoms. The second-order valence-electron chi connectivity index (χ2n) is 5.17. The first kappa shape index (κ1) is 14.8. The molecule has 1 aromatic heterocycles. The zero-order valence-electron chi connectivity index (χ0n) is 13.1. The zero-order valence-corrected chi connectivity index (χ0v) is 13.1. The first-order valence-electron chi connectivity index (χ1n) is 7.27. The summed E-state index contributed by atoms with van der Waals surface area (Å²) in [4.78, 5) is 8.55. The Morgan fingerprint density at radius 2 is 1.78 bits per heavy atom. The molecule has 3 aromatic rings. The molecule has 0 saturated heterocycles. The zero-order chi connectivity index (χ0) is 16.2. The molecule has 0 radical (unpaired) electrons. The van der Waals surface area contributed by atoms with E-state index in [4.69, 9.17) is 10.5 Å². The van der Waals surface area contributed by atoms with Gasteiger partial charge >= 0.3 is 0 Å². The fourth-order valence-corrected chi connectivity index (χ4v) is 2.39. The lowest BCUT2D eigenvalue weighted by Gasteiger charge is -2.11. The minimum Gasteiger partial charge on any atom is -0.496 e. The molecule has 0 saturated carbocycles. The average molecular weight is 306 g/mol. The van der Waals surface area contributed by atoms with Crippen molar-refractivity contribution in [3.05, 3.63) is 60.2 Å². The van der Waals surface area contributed by atoms with Crippen molar-refractivity contribution in [1.82, 2.24) is 9.97 Å². The first-order chi connectivity index (χ1) is 11.2. The number of aryl methyl sites for hydroxylation is 1. The van der Waals surface area contributed by atoms with E-state index in [2.05, 4.69) is 15.3 Å². The number of anilines is 3. The summed E-state index contributed by atoms with van der Waals surface area (Å²) in [5.74, 6) is 1.74. The summed E-state index contributed by atoms with van der Waals surface area (Å²) >= 11 is 0. The Labute approximate surface area is 135 Å². The van der Waals surface area contributed by atoms with Gasteiger partial charge in [-0.3, -0.25) is 0 Å². The van der Waals surface area contributed by atoms with E-state index in [1.54, 1.807) is 7.11 Å². The summed E-state index contributed by atoms with van der Waals surface area (Å²) in [7, 11) is 1.66. The molecule has 0 aliphatic rings. The van der Waals surface area contributed by atoms with Crippen molar-refractivity contribution in [3.63, 3.8) is 0 Å². The molecule has 0 aliphatic carbocycles. The predicted molar refractivity (Wildman–Crippen MR) is 92.9 cm³/mol. The average Bonchev–Trinajstić information content (AvgIpc) is 2.55. The fourth-order valence-electron chi connectivity index (χ4n) is 2.39. The smallest absolute Gasteiger partial charge is 0.222 e. The summed E-state index contributed by atoms with van der Waals surface area (Å²) in [6.07, 6.45) is 0. The molecule has 5 heteroatoms. The largest absolute Gasteiger partial charge is 0.496 e. The Morgan fingerprint density at radius 1 is 1.00 bits per heavy atom. The van der Waals surface area contributed by atoms with Gasteiger partial charge in [-0.1, -0.05) is 30.3 Å². The molecule has 0 unspecified atom stereocenters. The van der Waals surface area contributed by atoms with Crippen molar-refractivity contribution < 1.29 is 4.74 Å². The summed E-state index contributed by atoms with van der Waals surface area (Å²) in [6, 6.07) is 17.6. The minimum atomic E-state index is 0.235. The number of nitrogens with two attached hydrogens (primary N) is 1. The first-order valence-corrected chi connectivity index (χ1v) is 7.27. The van der Waals surface area contributed by atoms with Crippen LogP contribution in [-0.4, -0.2) is 17.1 Å². The van der Waals surface area contributed by atoms with Crippen LogP contribution in [-0.2, 0) is 0 Å². The van der Waals surface area contributed by atoms with E-state index in [1.807, 2.05) is 61.5 Å². The second-order valence-corrected chi connectivity index (χ2v) is 5.17. The van der Waals surface area contributed by atoms with E-state index in [1.165, 1.54) is 0 Å². The number of benzene rings is 2. The maximum Gasteiger partial charge on any atom is 0.222 e. The molecular weight excluding hydrogens is 288 g/mol. The lowest BCUT2D eigenvalue weighted by Crippen LogP contribution is -2.01. The van der Waals surface area contributed by atoms with Crippen molar-refractivity contribution in [2.24, 2.45) is 0 Å². The Hall–Kier alpha value is -3.08. The minimum absolute atomic E-state index is 0.235. The number of aromatic nitrogens is 2. The molecule has 0 fully saturated rings. The van der Waals surface area contributed by atoms with Gasteiger partial charge in [-0.2, -0.15) is 4.98 Å². The lowest BCUT2D eigenvalue weighted by molar-refractivity contribution is 0.412. The van der Waals surface area contributed by atoms with Gasteiger partial charge in [0.05, 0.1) is 12.8 Å². The summed E-state index contributed by atoms with van der Waals surface area (Å²) in [5.41, 5.74) is 9.58. The summed E-state index contributed by atoms with van der Waals surface area (Å²) in [6.45, 7) is 1.99. The third-order valence-electron chi connectivity index (χ3n) is 3.48. The molecule has 3 N–H and O–H groups in total. The number of hydrogen-bond acceptors (Lipinski definition) is 5. The van der Waals surface area contributed by atoms with Gasteiger partial charge in [0.2, 0.25) is 5.95 Å². The molecule has 0 aliphatic heterocycles. The van der Waals surface area contributed by atoms with E-state index in [9.17, 15) is 0 Å². The standard InChI is InChI=1S/C18H18N4O/c1-12-10-14(8-9-16(12)23-2)20-17-11-15(21-18(19)22-17)13-6-4-3-5-7-13/h3-11H,1-2H3,(H3,19,20,21,22). The number of methoxy groups -OCH3 is 1. The van der Waals surface area contributed by atoms with Crippen LogP contribution in [0.5, 0.6) is 5.75 Å². The van der Waals surface area contributed by atoms with Gasteiger partial charge in [0.25, 0.3) is 0 Å². The van der Waals surface area contributed by atoms with Gasteiger partial charge in [-0.05, 0) is 30.7 Å². The number of ether oxygens (including phenoxy) is 1. The number of hydrogen-bond donors (Lipinski definition) is 2. The van der Waals surface area contributed by atoms with Crippen LogP contribution < -0.4 is 15.8 Å². The normalized spacial score (nSPS) is 10.3. The molecule has 0 spiro atoms. The molecule has 116 valence electrons. The van der Waals surface area contributed by atoms with Gasteiger partial charge in [0.1, 0.15) is 11.6 Å². The van der Waals surface area contributed by atoms with E-state index >= 15 is 0 Å². The maximum atomic E-state index is 5.84. The highest BCUT2D eigenvalue weighted by atomic mass is 16.5. The highest BCUT2D eigenvalue weighted by Crippen LogP contribution is 2.26. The Balaban J connectivity index is 1.91. The van der Waals surface area contributed by atoms with E-state index < -0.39 is 0 Å². The quantitative estimate of drug-likeness (QED) is 0.767. The van der Waals surface area contributed by atoms with Crippen LogP contribution in [0.1, 0.15) is 5.56 Å². The number of nitrogens with zero attached hydrogens (tertiary/aromatic N) is 2. The lowest BCUT2D eigenvalue weighted by atomic mass is 10.1. The van der Waals surface area contributed by atoms with Crippen molar-refractivity contribution >= 4 is 17.5 Å². The molecule has 5 nitrogen and oxygen atoms in total. The predicted octanol–water partition coefficient (Wildman–Crippen LogP) is 3.79. The van der Waals surface area contributed by atoms with Crippen LogP contribution in [0.4, 0.5) is 17.5 Å². The Morgan fingerprint density at radius 3 is 2.48 bits per heavy atom. The number of nitrogens with one attached hydrogen (secondary N) is 1.